The second-order valence-corrected chi connectivity index (χ2v) is 5.98. The first-order chi connectivity index (χ1) is 12.0. The number of hydrogen-bond donors (Lipinski definition) is 0. The van der Waals surface area contributed by atoms with Gasteiger partial charge in [-0.3, -0.25) is 0 Å². The lowest BCUT2D eigenvalue weighted by Gasteiger charge is -2.18. The molecular weight excluding hydrogens is 316 g/mol. The molecule has 0 heterocycles. The molecule has 2 rings (SSSR count). The Morgan fingerprint density at radius 2 is 1.72 bits per heavy atom. The molecule has 4 nitrogen and oxygen atoms in total. The van der Waals surface area contributed by atoms with Crippen molar-refractivity contribution >= 4 is 5.97 Å². The molecule has 0 saturated carbocycles. The second-order valence-electron chi connectivity index (χ2n) is 5.98. The number of hydrogen-bond acceptors (Lipinski definition) is 4. The summed E-state index contributed by atoms with van der Waals surface area (Å²) in [5.41, 5.74) is 4.38. The Morgan fingerprint density at radius 1 is 1.08 bits per heavy atom. The van der Waals surface area contributed by atoms with Gasteiger partial charge in [-0.2, -0.15) is 0 Å². The molecule has 1 atom stereocenters. The average Bonchev–Trinajstić information content (AvgIpc) is 2.62. The van der Waals surface area contributed by atoms with Gasteiger partial charge < -0.3 is 14.2 Å². The number of aryl methyl sites for hydroxylation is 2. The Bertz CT molecular complexity index is 671. The highest BCUT2D eigenvalue weighted by Crippen LogP contribution is 2.24. The molecule has 134 valence electrons. The van der Waals surface area contributed by atoms with Gasteiger partial charge in [0.25, 0.3) is 0 Å². The van der Waals surface area contributed by atoms with Crippen molar-refractivity contribution < 1.29 is 19.0 Å². The monoisotopic (exact) mass is 342 g/mol. The summed E-state index contributed by atoms with van der Waals surface area (Å²) in [6, 6.07) is 14.1. The van der Waals surface area contributed by atoms with E-state index in [2.05, 4.69) is 0 Å². The minimum Gasteiger partial charge on any atom is -0.489 e. The van der Waals surface area contributed by atoms with Gasteiger partial charge in [0.05, 0.1) is 7.11 Å². The van der Waals surface area contributed by atoms with Gasteiger partial charge >= 0.3 is 5.97 Å². The molecule has 0 radical (unpaired) electrons. The van der Waals surface area contributed by atoms with E-state index < -0.39 is 6.10 Å². The van der Waals surface area contributed by atoms with Crippen LogP contribution < -0.4 is 4.74 Å². The van der Waals surface area contributed by atoms with Crippen LogP contribution in [0.4, 0.5) is 0 Å². The van der Waals surface area contributed by atoms with Crippen LogP contribution in [-0.2, 0) is 27.3 Å². The van der Waals surface area contributed by atoms with Gasteiger partial charge in [-0.15, -0.1) is 0 Å². The smallest absolute Gasteiger partial charge is 0.335 e. The average molecular weight is 342 g/mol. The normalized spacial score (nSPS) is 11.8. The summed E-state index contributed by atoms with van der Waals surface area (Å²) in [6.07, 6.45) is -0.0829. The van der Waals surface area contributed by atoms with Gasteiger partial charge in [0.1, 0.15) is 12.4 Å². The van der Waals surface area contributed by atoms with Gasteiger partial charge in [0, 0.05) is 13.0 Å². The standard InChI is InChI=1S/C21H26O4/c1-5-24-20(21(22)23-4)13-19-15(2)11-18(12-16(19)3)25-14-17-9-7-6-8-10-17/h6-12,20H,5,13-14H2,1-4H3. The molecule has 2 aromatic carbocycles. The first kappa shape index (κ1) is 19.0. The van der Waals surface area contributed by atoms with Crippen LogP contribution in [0.2, 0.25) is 0 Å². The zero-order valence-electron chi connectivity index (χ0n) is 15.4. The van der Waals surface area contributed by atoms with E-state index in [4.69, 9.17) is 14.2 Å². The van der Waals surface area contributed by atoms with E-state index >= 15 is 0 Å². The Balaban J connectivity index is 2.12. The minimum atomic E-state index is -0.580. The van der Waals surface area contributed by atoms with E-state index in [-0.39, 0.29) is 5.97 Å². The van der Waals surface area contributed by atoms with Crippen LogP contribution in [-0.4, -0.2) is 25.8 Å². The highest BCUT2D eigenvalue weighted by atomic mass is 16.6. The van der Waals surface area contributed by atoms with Crippen molar-refractivity contribution in [3.05, 3.63) is 64.7 Å². The van der Waals surface area contributed by atoms with Crippen molar-refractivity contribution in [2.75, 3.05) is 13.7 Å². The number of benzene rings is 2. The molecule has 25 heavy (non-hydrogen) atoms. The summed E-state index contributed by atoms with van der Waals surface area (Å²) in [5.74, 6) is 0.485. The molecular formula is C21H26O4. The maximum absolute atomic E-state index is 11.9. The van der Waals surface area contributed by atoms with Crippen LogP contribution in [0.15, 0.2) is 42.5 Å². The Kier molecular flexibility index (Phi) is 7.02. The number of methoxy groups -OCH3 is 1. The number of carbonyl (C=O) groups excluding carboxylic acids is 1. The molecule has 0 spiro atoms. The van der Waals surface area contributed by atoms with E-state index in [1.54, 1.807) is 0 Å². The second kappa shape index (κ2) is 9.23. The Hall–Kier alpha value is -2.33. The van der Waals surface area contributed by atoms with Crippen molar-refractivity contribution in [2.45, 2.75) is 39.9 Å². The topological polar surface area (TPSA) is 44.8 Å². The fourth-order valence-corrected chi connectivity index (χ4v) is 2.83. The quantitative estimate of drug-likeness (QED) is 0.680. The van der Waals surface area contributed by atoms with Crippen molar-refractivity contribution in [2.24, 2.45) is 0 Å². The van der Waals surface area contributed by atoms with Crippen molar-refractivity contribution in [3.63, 3.8) is 0 Å². The van der Waals surface area contributed by atoms with Crippen molar-refractivity contribution in [1.29, 1.82) is 0 Å². The Labute approximate surface area is 149 Å². The molecule has 0 N–H and O–H groups in total. The van der Waals surface area contributed by atoms with Gasteiger partial charge in [0.2, 0.25) is 0 Å². The molecule has 0 aliphatic carbocycles. The highest BCUT2D eigenvalue weighted by Gasteiger charge is 2.22. The van der Waals surface area contributed by atoms with Gasteiger partial charge in [-0.25, -0.2) is 4.79 Å². The van der Waals surface area contributed by atoms with E-state index in [1.165, 1.54) is 7.11 Å². The zero-order chi connectivity index (χ0) is 18.2. The lowest BCUT2D eigenvalue weighted by atomic mass is 9.97. The van der Waals surface area contributed by atoms with Gasteiger partial charge in [0.15, 0.2) is 6.10 Å². The fourth-order valence-electron chi connectivity index (χ4n) is 2.83. The predicted octanol–water partition coefficient (Wildman–Crippen LogP) is 4.00. The summed E-state index contributed by atoms with van der Waals surface area (Å²) in [7, 11) is 1.38. The summed E-state index contributed by atoms with van der Waals surface area (Å²) in [6.45, 7) is 6.92. The summed E-state index contributed by atoms with van der Waals surface area (Å²) < 4.78 is 16.3. The van der Waals surface area contributed by atoms with Crippen LogP contribution >= 0.6 is 0 Å². The van der Waals surface area contributed by atoms with Crippen LogP contribution in [0.25, 0.3) is 0 Å². The van der Waals surface area contributed by atoms with Gasteiger partial charge in [-0.05, 0) is 55.2 Å². The molecule has 4 heteroatoms. The van der Waals surface area contributed by atoms with Crippen LogP contribution in [0, 0.1) is 13.8 Å². The maximum Gasteiger partial charge on any atom is 0.335 e. The Morgan fingerprint density at radius 3 is 2.28 bits per heavy atom. The molecule has 0 amide bonds. The third kappa shape index (κ3) is 5.33. The fraction of sp³-hybridized carbons (Fsp3) is 0.381. The predicted molar refractivity (Wildman–Crippen MR) is 97.8 cm³/mol. The number of esters is 1. The summed E-state index contributed by atoms with van der Waals surface area (Å²) in [5, 5.41) is 0. The number of rotatable bonds is 8. The molecule has 0 saturated heterocycles. The molecule has 0 aliphatic rings. The van der Waals surface area contributed by atoms with E-state index in [0.717, 1.165) is 28.0 Å². The molecule has 2 aromatic rings. The SMILES string of the molecule is CCOC(Cc1c(C)cc(OCc2ccccc2)cc1C)C(=O)OC. The van der Waals surface area contributed by atoms with E-state index in [1.807, 2.05) is 63.2 Å². The van der Waals surface area contributed by atoms with E-state index in [9.17, 15) is 4.79 Å². The summed E-state index contributed by atoms with van der Waals surface area (Å²) in [4.78, 5) is 11.9. The molecule has 0 aromatic heterocycles. The van der Waals surface area contributed by atoms with Gasteiger partial charge in [-0.1, -0.05) is 30.3 Å². The highest BCUT2D eigenvalue weighted by molar-refractivity contribution is 5.75. The molecule has 0 bridgehead atoms. The first-order valence-electron chi connectivity index (χ1n) is 8.51. The maximum atomic E-state index is 11.9. The summed E-state index contributed by atoms with van der Waals surface area (Å²) >= 11 is 0. The first-order valence-corrected chi connectivity index (χ1v) is 8.51. The minimum absolute atomic E-state index is 0.343. The zero-order valence-corrected chi connectivity index (χ0v) is 15.4. The van der Waals surface area contributed by atoms with Crippen molar-refractivity contribution in [1.82, 2.24) is 0 Å². The largest absolute Gasteiger partial charge is 0.489 e. The lowest BCUT2D eigenvalue weighted by Crippen LogP contribution is -2.28. The van der Waals surface area contributed by atoms with Crippen molar-refractivity contribution in [3.8, 4) is 5.75 Å². The van der Waals surface area contributed by atoms with Crippen LogP contribution in [0.5, 0.6) is 5.75 Å². The lowest BCUT2D eigenvalue weighted by molar-refractivity contribution is -0.153. The third-order valence-corrected chi connectivity index (χ3v) is 4.14. The van der Waals surface area contributed by atoms with Crippen LogP contribution in [0.1, 0.15) is 29.2 Å². The van der Waals surface area contributed by atoms with E-state index in [0.29, 0.717) is 19.6 Å². The molecule has 1 unspecified atom stereocenters. The third-order valence-electron chi connectivity index (χ3n) is 4.14. The number of carbonyl (C=O) groups is 1. The number of ether oxygens (including phenoxy) is 3. The molecule has 0 aliphatic heterocycles. The van der Waals surface area contributed by atoms with Crippen LogP contribution in [0.3, 0.4) is 0 Å². The molecule has 0 fully saturated rings.